The van der Waals surface area contributed by atoms with E-state index >= 15 is 0 Å². The number of carbonyl (C=O) groups is 1. The summed E-state index contributed by atoms with van der Waals surface area (Å²) in [4.78, 5) is 13.0. The fourth-order valence-corrected chi connectivity index (χ4v) is 8.11. The number of esters is 1. The predicted molar refractivity (Wildman–Crippen MR) is 84.5 cm³/mol. The van der Waals surface area contributed by atoms with Crippen molar-refractivity contribution in [3.05, 3.63) is 11.6 Å². The SMILES string of the molecule is CC1=C[C@H]2C[C@]3(CCC45C(=O)O[C@@H](C[C@H]4C)[C@H]4C[C@H]1[C@@H]3[C@H]45)CO2. The van der Waals surface area contributed by atoms with Crippen LogP contribution in [0, 0.1) is 40.4 Å². The molecule has 0 aromatic heterocycles. The lowest BCUT2D eigenvalue weighted by Gasteiger charge is -2.62. The molecule has 3 heterocycles. The molecule has 7 aliphatic rings. The summed E-state index contributed by atoms with van der Waals surface area (Å²) in [7, 11) is 0. The first kappa shape index (κ1) is 13.5. The van der Waals surface area contributed by atoms with Gasteiger partial charge in [0.05, 0.1) is 18.1 Å². The molecule has 4 bridgehead atoms. The molecule has 3 heteroatoms. The van der Waals surface area contributed by atoms with Crippen molar-refractivity contribution in [3.8, 4) is 0 Å². The maximum atomic E-state index is 13.0. The molecule has 1 unspecified atom stereocenters. The molecule has 0 aromatic rings. The Balaban J connectivity index is 1.57. The second kappa shape index (κ2) is 3.87. The van der Waals surface area contributed by atoms with E-state index in [0.29, 0.717) is 41.1 Å². The van der Waals surface area contributed by atoms with Crippen LogP contribution in [0.5, 0.6) is 0 Å². The second-order valence-electron chi connectivity index (χ2n) is 9.51. The molecular weight excluding hydrogens is 288 g/mol. The monoisotopic (exact) mass is 314 g/mol. The van der Waals surface area contributed by atoms with E-state index in [1.807, 2.05) is 0 Å². The number of carbonyl (C=O) groups excluding carboxylic acids is 1. The van der Waals surface area contributed by atoms with Gasteiger partial charge in [0.25, 0.3) is 0 Å². The topological polar surface area (TPSA) is 35.5 Å². The smallest absolute Gasteiger partial charge is 0.312 e. The van der Waals surface area contributed by atoms with Crippen LogP contribution >= 0.6 is 0 Å². The molecule has 3 nitrogen and oxygen atoms in total. The molecule has 23 heavy (non-hydrogen) atoms. The summed E-state index contributed by atoms with van der Waals surface area (Å²) < 4.78 is 12.1. The largest absolute Gasteiger partial charge is 0.462 e. The molecule has 3 saturated carbocycles. The van der Waals surface area contributed by atoms with Crippen LogP contribution in [0.4, 0.5) is 0 Å². The molecule has 0 amide bonds. The summed E-state index contributed by atoms with van der Waals surface area (Å²) in [5.74, 6) is 3.14. The van der Waals surface area contributed by atoms with Gasteiger partial charge in [0, 0.05) is 11.3 Å². The molecular formula is C20H26O3. The van der Waals surface area contributed by atoms with E-state index in [0.717, 1.165) is 19.4 Å². The minimum Gasteiger partial charge on any atom is -0.462 e. The molecule has 3 aliphatic heterocycles. The van der Waals surface area contributed by atoms with Gasteiger partial charge in [0.15, 0.2) is 0 Å². The first-order valence-electron chi connectivity index (χ1n) is 9.56. The van der Waals surface area contributed by atoms with Crippen LogP contribution in [-0.4, -0.2) is 24.8 Å². The van der Waals surface area contributed by atoms with Crippen LogP contribution in [0.25, 0.3) is 0 Å². The summed E-state index contributed by atoms with van der Waals surface area (Å²) in [5, 5.41) is 0. The van der Waals surface area contributed by atoms with E-state index < -0.39 is 0 Å². The fraction of sp³-hybridized carbons (Fsp3) is 0.850. The second-order valence-corrected chi connectivity index (χ2v) is 9.51. The molecule has 9 atom stereocenters. The lowest BCUT2D eigenvalue weighted by molar-refractivity contribution is -0.234. The molecule has 0 N–H and O–H groups in total. The lowest BCUT2D eigenvalue weighted by atomic mass is 9.44. The number of hydrogen-bond acceptors (Lipinski definition) is 3. The highest BCUT2D eigenvalue weighted by Gasteiger charge is 2.74. The Morgan fingerprint density at radius 1 is 1.22 bits per heavy atom. The Labute approximate surface area is 137 Å². The van der Waals surface area contributed by atoms with Gasteiger partial charge in [-0.25, -0.2) is 0 Å². The van der Waals surface area contributed by atoms with Gasteiger partial charge in [-0.2, -0.15) is 0 Å². The maximum Gasteiger partial charge on any atom is 0.312 e. The predicted octanol–water partition coefficient (Wildman–Crippen LogP) is 3.34. The molecule has 7 rings (SSSR count). The summed E-state index contributed by atoms with van der Waals surface area (Å²) in [6.07, 6.45) is 8.68. The normalized spacial score (nSPS) is 61.7. The third kappa shape index (κ3) is 1.31. The zero-order chi connectivity index (χ0) is 15.6. The van der Waals surface area contributed by atoms with Crippen molar-refractivity contribution in [2.24, 2.45) is 40.4 Å². The van der Waals surface area contributed by atoms with Gasteiger partial charge in [-0.3, -0.25) is 4.79 Å². The summed E-state index contributed by atoms with van der Waals surface area (Å²) >= 11 is 0. The van der Waals surface area contributed by atoms with Crippen molar-refractivity contribution in [1.29, 1.82) is 0 Å². The van der Waals surface area contributed by atoms with Gasteiger partial charge >= 0.3 is 5.97 Å². The number of allylic oxidation sites excluding steroid dienone is 1. The zero-order valence-electron chi connectivity index (χ0n) is 14.1. The van der Waals surface area contributed by atoms with Gasteiger partial charge in [-0.15, -0.1) is 0 Å². The summed E-state index contributed by atoms with van der Waals surface area (Å²) in [6.45, 7) is 5.56. The van der Waals surface area contributed by atoms with E-state index in [2.05, 4.69) is 19.9 Å². The quantitative estimate of drug-likeness (QED) is 0.508. The minimum atomic E-state index is -0.174. The Bertz CT molecular complexity index is 639. The average Bonchev–Trinajstić information content (AvgIpc) is 3.06. The Morgan fingerprint density at radius 3 is 2.91 bits per heavy atom. The highest BCUT2D eigenvalue weighted by molar-refractivity contribution is 5.80. The van der Waals surface area contributed by atoms with Crippen molar-refractivity contribution >= 4 is 5.97 Å². The van der Waals surface area contributed by atoms with Crippen molar-refractivity contribution in [2.45, 2.75) is 58.2 Å². The summed E-state index contributed by atoms with van der Waals surface area (Å²) in [6, 6.07) is 0. The van der Waals surface area contributed by atoms with Crippen molar-refractivity contribution in [2.75, 3.05) is 6.61 Å². The van der Waals surface area contributed by atoms with E-state index in [4.69, 9.17) is 9.47 Å². The van der Waals surface area contributed by atoms with Crippen LogP contribution in [0.2, 0.25) is 0 Å². The third-order valence-corrected chi connectivity index (χ3v) is 8.95. The Hall–Kier alpha value is -0.830. The molecule has 0 aromatic carbocycles. The Kier molecular flexibility index (Phi) is 2.27. The fourth-order valence-electron chi connectivity index (χ4n) is 8.11. The van der Waals surface area contributed by atoms with Gasteiger partial charge < -0.3 is 9.47 Å². The lowest BCUT2D eigenvalue weighted by Crippen LogP contribution is -2.65. The van der Waals surface area contributed by atoms with E-state index in [9.17, 15) is 4.79 Å². The van der Waals surface area contributed by atoms with E-state index in [1.54, 1.807) is 0 Å². The van der Waals surface area contributed by atoms with Crippen molar-refractivity contribution in [1.82, 2.24) is 0 Å². The highest BCUT2D eigenvalue weighted by Crippen LogP contribution is 2.74. The summed E-state index contributed by atoms with van der Waals surface area (Å²) in [5.41, 5.74) is 1.70. The Morgan fingerprint density at radius 2 is 2.09 bits per heavy atom. The van der Waals surface area contributed by atoms with E-state index in [-0.39, 0.29) is 17.5 Å². The number of ether oxygens (including phenoxy) is 2. The molecule has 3 saturated heterocycles. The first-order valence-corrected chi connectivity index (χ1v) is 9.56. The van der Waals surface area contributed by atoms with Crippen LogP contribution in [0.1, 0.15) is 46.0 Å². The van der Waals surface area contributed by atoms with Crippen LogP contribution in [-0.2, 0) is 14.3 Å². The van der Waals surface area contributed by atoms with Gasteiger partial charge in [0.2, 0.25) is 0 Å². The third-order valence-electron chi connectivity index (χ3n) is 8.95. The first-order chi connectivity index (χ1) is 11.1. The average molecular weight is 314 g/mol. The zero-order valence-corrected chi connectivity index (χ0v) is 14.1. The van der Waals surface area contributed by atoms with Crippen molar-refractivity contribution in [3.63, 3.8) is 0 Å². The van der Waals surface area contributed by atoms with E-state index in [1.165, 1.54) is 24.8 Å². The number of fused-ring (bicyclic) bond motifs is 3. The van der Waals surface area contributed by atoms with Crippen LogP contribution in [0.15, 0.2) is 11.6 Å². The standard InChI is InChI=1S/C20H26O3/c1-10-5-12-8-19(9-22-12)3-4-20-11(2)6-15(23-18(20)21)14-7-13(10)16(19)17(14)20/h5,11-17H,3-4,6-9H2,1-2H3/t11-,12+,13-,14-,15+,16-,17+,19-,20?/m1/s1. The molecule has 124 valence electrons. The number of rotatable bonds is 0. The molecule has 2 spiro atoms. The number of hydrogen-bond donors (Lipinski definition) is 0. The van der Waals surface area contributed by atoms with Crippen LogP contribution in [0.3, 0.4) is 0 Å². The minimum absolute atomic E-state index is 0.152. The van der Waals surface area contributed by atoms with Gasteiger partial charge in [-0.1, -0.05) is 18.6 Å². The van der Waals surface area contributed by atoms with Crippen LogP contribution < -0.4 is 0 Å². The van der Waals surface area contributed by atoms with Crippen molar-refractivity contribution < 1.29 is 14.3 Å². The maximum absolute atomic E-state index is 13.0. The van der Waals surface area contributed by atoms with Gasteiger partial charge in [0.1, 0.15) is 6.10 Å². The highest BCUT2D eigenvalue weighted by atomic mass is 16.5. The van der Waals surface area contributed by atoms with Gasteiger partial charge in [-0.05, 0) is 62.7 Å². The molecule has 6 fully saturated rings. The molecule has 0 radical (unpaired) electrons. The molecule has 4 aliphatic carbocycles.